The molecular formula is C46H53Cl4F3N8O11S2. The van der Waals surface area contributed by atoms with Gasteiger partial charge in [-0.25, -0.2) is 4.79 Å². The van der Waals surface area contributed by atoms with Crippen LogP contribution < -0.4 is 42.1 Å². The molecule has 74 heavy (non-hydrogen) atoms. The topological polar surface area (TPSA) is 257 Å². The molecule has 28 heteroatoms. The van der Waals surface area contributed by atoms with Crippen LogP contribution in [0.1, 0.15) is 53.0 Å². The van der Waals surface area contributed by atoms with Crippen molar-refractivity contribution in [1.29, 1.82) is 0 Å². The van der Waals surface area contributed by atoms with E-state index in [1.54, 1.807) is 103 Å². The SMILES string of the molecule is CC(C)(C)OC(=O)NCC[C@@H](NC(=O)c1ccc(Cl)s1)C(=O)Nc1ccc(N2CCOCC2=O)cc1.ClCCl.NCC[C@@H](NC(=O)c1ccc(Cl)s1)C(=O)Nc1ccc(N2CCOCC2=O)cc1.O=CC(F)(F)F. The van der Waals surface area contributed by atoms with Crippen LogP contribution in [0.25, 0.3) is 0 Å². The van der Waals surface area contributed by atoms with Gasteiger partial charge in [-0.3, -0.25) is 33.6 Å². The number of halogens is 7. The summed E-state index contributed by atoms with van der Waals surface area (Å²) in [4.78, 5) is 99.3. The second kappa shape index (κ2) is 31.3. The van der Waals surface area contributed by atoms with Gasteiger partial charge in [0.25, 0.3) is 23.6 Å². The fraction of sp³-hybridized carbons (Fsp3) is 0.391. The molecule has 0 unspecified atom stereocenters. The number of thiophene rings is 2. The zero-order chi connectivity index (χ0) is 55.0. The van der Waals surface area contributed by atoms with Crippen LogP contribution in [-0.4, -0.2) is 130 Å². The Morgan fingerprint density at radius 3 is 1.43 bits per heavy atom. The van der Waals surface area contributed by atoms with Crippen LogP contribution in [0.3, 0.4) is 0 Å². The van der Waals surface area contributed by atoms with Gasteiger partial charge >= 0.3 is 12.3 Å². The largest absolute Gasteiger partial charge is 0.446 e. The summed E-state index contributed by atoms with van der Waals surface area (Å²) >= 11 is 23.5. The average molecular weight is 1160 g/mol. The van der Waals surface area contributed by atoms with Crippen LogP contribution in [-0.2, 0) is 38.2 Å². The first-order valence-corrected chi connectivity index (χ1v) is 25.5. The van der Waals surface area contributed by atoms with Crippen molar-refractivity contribution in [2.75, 3.05) is 78.4 Å². The number of nitrogens with zero attached hydrogens (tertiary/aromatic N) is 2. The number of nitrogens with one attached hydrogen (secondary N) is 5. The smallest absolute Gasteiger partial charge is 0.444 e. The van der Waals surface area contributed by atoms with E-state index in [-0.39, 0.29) is 68.1 Å². The molecular weight excluding hydrogens is 1100 g/mol. The minimum Gasteiger partial charge on any atom is -0.444 e. The van der Waals surface area contributed by atoms with E-state index in [9.17, 15) is 46.7 Å². The number of nitrogens with two attached hydrogens (primary N) is 1. The molecule has 0 bridgehead atoms. The lowest BCUT2D eigenvalue weighted by molar-refractivity contribution is -0.156. The molecule has 0 aliphatic carbocycles. The van der Waals surface area contributed by atoms with Gasteiger partial charge < -0.3 is 56.3 Å². The van der Waals surface area contributed by atoms with Crippen LogP contribution in [0.2, 0.25) is 8.67 Å². The lowest BCUT2D eigenvalue weighted by Crippen LogP contribution is -2.46. The average Bonchev–Trinajstić information content (AvgIpc) is 4.00. The standard InChI is InChI=1S/C24H29ClN4O6S.C19H21ClN4O4S.C2HF3O.CH2Cl2/c1-24(2,3)35-23(33)26-11-10-17(28-22(32)18-8-9-19(25)36-18)21(31)27-15-4-6-16(7-5-15)29-12-13-34-14-20(29)30;20-16-6-5-15(29-16)19(27)23-14(7-8-21)18(26)22-12-1-3-13(4-2-12)24-9-10-28-11-17(24)25;3-2(4,5)1-6;2-1-3/h4-9,17H,10-14H2,1-3H3,(H,26,33)(H,27,31)(H,28,32);1-6,14H,7-11,21H2,(H,22,26)(H,23,27);1H;1H2/t17-;14-;;/m11../s1. The van der Waals surface area contributed by atoms with Crippen molar-refractivity contribution in [3.63, 3.8) is 0 Å². The Balaban J connectivity index is 0.000000340. The number of anilines is 4. The highest BCUT2D eigenvalue weighted by molar-refractivity contribution is 7.18. The predicted octanol–water partition coefficient (Wildman–Crippen LogP) is 7.44. The number of ether oxygens (including phenoxy) is 3. The van der Waals surface area contributed by atoms with Crippen LogP contribution in [0.4, 0.5) is 40.7 Å². The van der Waals surface area contributed by atoms with E-state index in [4.69, 9.17) is 71.1 Å². The molecule has 2 atom stereocenters. The number of alkyl halides is 5. The number of hydrogen-bond donors (Lipinski definition) is 6. The monoisotopic (exact) mass is 1150 g/mol. The van der Waals surface area contributed by atoms with E-state index >= 15 is 0 Å². The summed E-state index contributed by atoms with van der Waals surface area (Å²) in [7, 11) is 0. The van der Waals surface area contributed by atoms with E-state index in [0.717, 1.165) is 28.4 Å². The molecule has 7 amide bonds. The Bertz CT molecular complexity index is 2500. The summed E-state index contributed by atoms with van der Waals surface area (Å²) in [5, 5.41) is 13.7. The Kier molecular flexibility index (Phi) is 26.6. The van der Waals surface area contributed by atoms with Crippen molar-refractivity contribution in [2.24, 2.45) is 5.73 Å². The Morgan fingerprint density at radius 1 is 0.716 bits per heavy atom. The third-order valence-corrected chi connectivity index (χ3v) is 11.9. The van der Waals surface area contributed by atoms with Crippen molar-refractivity contribution in [3.8, 4) is 0 Å². The first-order valence-electron chi connectivity index (χ1n) is 22.0. The summed E-state index contributed by atoms with van der Waals surface area (Å²) in [5.74, 6) is -1.91. The van der Waals surface area contributed by atoms with E-state index in [1.165, 1.54) is 0 Å². The van der Waals surface area contributed by atoms with E-state index in [0.29, 0.717) is 61.8 Å². The molecule has 2 aliphatic rings. The first kappa shape index (κ1) is 62.7. The van der Waals surface area contributed by atoms with Crippen LogP contribution in [0, 0.1) is 0 Å². The van der Waals surface area contributed by atoms with Crippen LogP contribution in [0.15, 0.2) is 72.8 Å². The van der Waals surface area contributed by atoms with Gasteiger partial charge in [0.2, 0.25) is 18.1 Å². The van der Waals surface area contributed by atoms with E-state index in [2.05, 4.69) is 26.6 Å². The molecule has 4 aromatic rings. The molecule has 0 radical (unpaired) electrons. The number of alkyl carbamates (subject to hydrolysis) is 1. The third-order valence-electron chi connectivity index (χ3n) is 9.39. The molecule has 2 aromatic heterocycles. The number of carbonyl (C=O) groups excluding carboxylic acids is 8. The lowest BCUT2D eigenvalue weighted by atomic mass is 10.1. The molecule has 4 heterocycles. The summed E-state index contributed by atoms with van der Waals surface area (Å²) < 4.78 is 47.7. The Labute approximate surface area is 451 Å². The summed E-state index contributed by atoms with van der Waals surface area (Å²) in [6, 6.07) is 18.4. The maximum Gasteiger partial charge on any atom is 0.446 e. The van der Waals surface area contributed by atoms with Gasteiger partial charge in [-0.15, -0.1) is 45.9 Å². The molecule has 2 aliphatic heterocycles. The summed E-state index contributed by atoms with van der Waals surface area (Å²) in [6.45, 7) is 7.55. The zero-order valence-electron chi connectivity index (χ0n) is 39.9. The summed E-state index contributed by atoms with van der Waals surface area (Å²) in [5.41, 5.74) is 7.41. The molecule has 0 spiro atoms. The fourth-order valence-corrected chi connectivity index (χ4v) is 8.05. The normalized spacial score (nSPS) is 14.2. The van der Waals surface area contributed by atoms with Gasteiger partial charge in [0.05, 0.1) is 37.0 Å². The van der Waals surface area contributed by atoms with Crippen molar-refractivity contribution in [3.05, 3.63) is 91.2 Å². The second-order valence-corrected chi connectivity index (χ2v) is 20.3. The van der Waals surface area contributed by atoms with Gasteiger partial charge in [-0.2, -0.15) is 13.2 Å². The van der Waals surface area contributed by atoms with E-state index in [1.807, 2.05) is 0 Å². The number of rotatable bonds is 15. The van der Waals surface area contributed by atoms with Crippen molar-refractivity contribution < 1.29 is 65.7 Å². The molecule has 2 aromatic carbocycles. The predicted molar refractivity (Wildman–Crippen MR) is 279 cm³/mol. The van der Waals surface area contributed by atoms with Gasteiger partial charge in [-0.05, 0) is 113 Å². The number of morpholine rings is 2. The maximum atomic E-state index is 13.1. The van der Waals surface area contributed by atoms with Crippen molar-refractivity contribution >= 4 is 140 Å². The van der Waals surface area contributed by atoms with Gasteiger partial charge in [0, 0.05) is 42.4 Å². The molecule has 404 valence electrons. The molecule has 19 nitrogen and oxygen atoms in total. The zero-order valence-corrected chi connectivity index (χ0v) is 44.5. The van der Waals surface area contributed by atoms with Crippen molar-refractivity contribution in [2.45, 2.75) is 57.5 Å². The van der Waals surface area contributed by atoms with Gasteiger partial charge in [0.15, 0.2) is 0 Å². The highest BCUT2D eigenvalue weighted by Gasteiger charge is 2.27. The lowest BCUT2D eigenvalue weighted by Gasteiger charge is -2.27. The van der Waals surface area contributed by atoms with E-state index < -0.39 is 48.1 Å². The Morgan fingerprint density at radius 2 is 1.11 bits per heavy atom. The quantitative estimate of drug-likeness (QED) is 0.0502. The first-order chi connectivity index (χ1) is 35.0. The number of carbonyl (C=O) groups is 8. The molecule has 0 saturated carbocycles. The number of hydrogen-bond acceptors (Lipinski definition) is 14. The van der Waals surface area contributed by atoms with Gasteiger partial charge in [-0.1, -0.05) is 23.2 Å². The van der Waals surface area contributed by atoms with Gasteiger partial charge in [0.1, 0.15) is 30.9 Å². The summed E-state index contributed by atoms with van der Waals surface area (Å²) in [6.07, 6.45) is -5.91. The van der Waals surface area contributed by atoms with Crippen LogP contribution >= 0.6 is 69.1 Å². The number of aldehydes is 1. The molecule has 2 saturated heterocycles. The number of amides is 7. The molecule has 7 N–H and O–H groups in total. The second-order valence-electron chi connectivity index (χ2n) is 16.1. The maximum absolute atomic E-state index is 13.1. The van der Waals surface area contributed by atoms with Crippen LogP contribution in [0.5, 0.6) is 0 Å². The Hall–Kier alpha value is -5.57. The minimum absolute atomic E-state index is 0.0344. The molecule has 2 fully saturated rings. The highest BCUT2D eigenvalue weighted by atomic mass is 35.5. The third kappa shape index (κ3) is 22.9. The molecule has 6 rings (SSSR count). The minimum atomic E-state index is -4.64. The van der Waals surface area contributed by atoms with Crippen molar-refractivity contribution in [1.82, 2.24) is 16.0 Å². The fourth-order valence-electron chi connectivity index (χ4n) is 6.16. The number of benzene rings is 2. The highest BCUT2D eigenvalue weighted by Crippen LogP contribution is 2.24.